The maximum Gasteiger partial charge on any atom is 0.332 e. The normalized spacial score (nSPS) is 11.1. The van der Waals surface area contributed by atoms with Gasteiger partial charge in [-0.05, 0) is 12.5 Å². The van der Waals surface area contributed by atoms with Gasteiger partial charge in [0.15, 0.2) is 0 Å². The second kappa shape index (κ2) is 8.67. The van der Waals surface area contributed by atoms with Crippen LogP contribution in [0.25, 0.3) is 0 Å². The molecule has 0 spiro atoms. The van der Waals surface area contributed by atoms with Gasteiger partial charge >= 0.3 is 6.03 Å². The third-order valence-electron chi connectivity index (χ3n) is 2.83. The highest BCUT2D eigenvalue weighted by atomic mass is 32.2. The molecule has 1 aromatic heterocycles. The van der Waals surface area contributed by atoms with E-state index in [1.54, 1.807) is 0 Å². The van der Waals surface area contributed by atoms with Crippen molar-refractivity contribution >= 4 is 35.4 Å². The van der Waals surface area contributed by atoms with Crippen molar-refractivity contribution in [3.63, 3.8) is 0 Å². The maximum absolute atomic E-state index is 11.8. The molecule has 5 N–H and O–H groups in total. The van der Waals surface area contributed by atoms with Crippen LogP contribution in [0.1, 0.15) is 11.1 Å². The number of aromatic amines is 1. The monoisotopic (exact) mass is 347 g/mol. The number of hydrogen-bond donors (Lipinski definition) is 4. The molecule has 1 aromatic carbocycles. The molecule has 0 atom stereocenters. The fraction of sp³-hybridized carbons (Fsp3) is 0.214. The average molecular weight is 347 g/mol. The van der Waals surface area contributed by atoms with E-state index in [4.69, 9.17) is 5.73 Å². The van der Waals surface area contributed by atoms with Crippen LogP contribution >= 0.6 is 11.8 Å². The number of nitrogens with one attached hydrogen (secondary N) is 3. The van der Waals surface area contributed by atoms with Gasteiger partial charge < -0.3 is 5.73 Å². The number of nitrogens with two attached hydrogens (primary N) is 1. The Hall–Kier alpha value is -2.88. The SMILES string of the molecule is Cc1ccc(/C(CSCC(=O)Nc2ncn[nH]2)=N/NC(N)=O)cc1. The lowest BCUT2D eigenvalue weighted by Crippen LogP contribution is -2.26. The predicted molar refractivity (Wildman–Crippen MR) is 92.8 cm³/mol. The number of primary amides is 1. The highest BCUT2D eigenvalue weighted by molar-refractivity contribution is 8.00. The Morgan fingerprint density at radius 2 is 2.04 bits per heavy atom. The number of hydrazone groups is 1. The van der Waals surface area contributed by atoms with Gasteiger partial charge in [-0.25, -0.2) is 15.3 Å². The number of H-pyrrole nitrogens is 1. The number of thioether (sulfide) groups is 1. The summed E-state index contributed by atoms with van der Waals surface area (Å²) in [6.45, 7) is 1.98. The quantitative estimate of drug-likeness (QED) is 0.434. The number of amides is 3. The lowest BCUT2D eigenvalue weighted by Gasteiger charge is -2.07. The van der Waals surface area contributed by atoms with E-state index in [9.17, 15) is 9.59 Å². The fourth-order valence-electron chi connectivity index (χ4n) is 1.72. The van der Waals surface area contributed by atoms with Crippen LogP contribution in [-0.2, 0) is 4.79 Å². The van der Waals surface area contributed by atoms with Crippen LogP contribution in [0.4, 0.5) is 10.7 Å². The molecule has 0 bridgehead atoms. The van der Waals surface area contributed by atoms with E-state index in [0.29, 0.717) is 17.4 Å². The first kappa shape index (κ1) is 17.5. The standard InChI is InChI=1S/C14H17N7O2S/c1-9-2-4-10(5-3-9)11(19-20-13(15)23)6-24-7-12(22)18-14-16-8-17-21-14/h2-5,8H,6-7H2,1H3,(H3,15,20,23)(H2,16,17,18,21,22)/b19-11+. The van der Waals surface area contributed by atoms with E-state index < -0.39 is 6.03 Å². The van der Waals surface area contributed by atoms with Crippen LogP contribution in [0, 0.1) is 6.92 Å². The summed E-state index contributed by atoms with van der Waals surface area (Å²) >= 11 is 1.34. The van der Waals surface area contributed by atoms with Crippen LogP contribution in [0.2, 0.25) is 0 Å². The van der Waals surface area contributed by atoms with Gasteiger partial charge in [0.25, 0.3) is 0 Å². The zero-order chi connectivity index (χ0) is 17.4. The van der Waals surface area contributed by atoms with Crippen molar-refractivity contribution < 1.29 is 9.59 Å². The summed E-state index contributed by atoms with van der Waals surface area (Å²) in [5.74, 6) is 0.696. The van der Waals surface area contributed by atoms with Gasteiger partial charge in [0.2, 0.25) is 11.9 Å². The molecule has 0 saturated heterocycles. The smallest absolute Gasteiger partial charge is 0.332 e. The molecule has 0 unspecified atom stereocenters. The van der Waals surface area contributed by atoms with Crippen molar-refractivity contribution in [1.82, 2.24) is 20.6 Å². The highest BCUT2D eigenvalue weighted by Crippen LogP contribution is 2.10. The minimum Gasteiger partial charge on any atom is -0.350 e. The van der Waals surface area contributed by atoms with E-state index in [1.807, 2.05) is 31.2 Å². The first-order valence-corrected chi connectivity index (χ1v) is 8.12. The largest absolute Gasteiger partial charge is 0.350 e. The van der Waals surface area contributed by atoms with Crippen molar-refractivity contribution in [2.45, 2.75) is 6.92 Å². The minimum absolute atomic E-state index is 0.197. The van der Waals surface area contributed by atoms with Crippen molar-refractivity contribution in [2.24, 2.45) is 10.8 Å². The van der Waals surface area contributed by atoms with Crippen molar-refractivity contribution in [1.29, 1.82) is 0 Å². The topological polar surface area (TPSA) is 138 Å². The van der Waals surface area contributed by atoms with Crippen LogP contribution < -0.4 is 16.5 Å². The van der Waals surface area contributed by atoms with Crippen molar-refractivity contribution in [3.05, 3.63) is 41.7 Å². The molecule has 126 valence electrons. The van der Waals surface area contributed by atoms with Gasteiger partial charge in [-0.1, -0.05) is 29.8 Å². The summed E-state index contributed by atoms with van der Waals surface area (Å²) in [6, 6.07) is 6.93. The summed E-state index contributed by atoms with van der Waals surface area (Å²) in [4.78, 5) is 26.5. The number of hydrogen-bond acceptors (Lipinski definition) is 6. The molecule has 2 rings (SSSR count). The number of aromatic nitrogens is 3. The second-order valence-electron chi connectivity index (χ2n) is 4.78. The zero-order valence-corrected chi connectivity index (χ0v) is 13.8. The highest BCUT2D eigenvalue weighted by Gasteiger charge is 2.09. The fourth-order valence-corrected chi connectivity index (χ4v) is 2.51. The second-order valence-corrected chi connectivity index (χ2v) is 5.76. The minimum atomic E-state index is -0.743. The van der Waals surface area contributed by atoms with E-state index >= 15 is 0 Å². The number of anilines is 1. The lowest BCUT2D eigenvalue weighted by molar-refractivity contribution is -0.113. The number of nitrogens with zero attached hydrogens (tertiary/aromatic N) is 3. The van der Waals surface area contributed by atoms with Gasteiger partial charge in [-0.15, -0.1) is 11.8 Å². The average Bonchev–Trinajstić information content (AvgIpc) is 3.04. The molecular formula is C14H17N7O2S. The maximum atomic E-state index is 11.8. The molecule has 0 aliphatic carbocycles. The molecular weight excluding hydrogens is 330 g/mol. The van der Waals surface area contributed by atoms with E-state index in [2.05, 4.69) is 31.0 Å². The Morgan fingerprint density at radius 3 is 2.67 bits per heavy atom. The molecule has 0 aliphatic rings. The lowest BCUT2D eigenvalue weighted by atomic mass is 10.1. The molecule has 10 heteroatoms. The van der Waals surface area contributed by atoms with Gasteiger partial charge in [-0.3, -0.25) is 10.1 Å². The number of urea groups is 1. The number of aryl methyl sites for hydroxylation is 1. The van der Waals surface area contributed by atoms with Gasteiger partial charge in [0, 0.05) is 5.75 Å². The molecule has 9 nitrogen and oxygen atoms in total. The summed E-state index contributed by atoms with van der Waals surface area (Å²) in [6.07, 6.45) is 1.31. The van der Waals surface area contributed by atoms with Crippen LogP contribution in [0.15, 0.2) is 35.7 Å². The third-order valence-corrected chi connectivity index (χ3v) is 3.77. The van der Waals surface area contributed by atoms with Gasteiger partial charge in [0.1, 0.15) is 6.33 Å². The van der Waals surface area contributed by atoms with Crippen LogP contribution in [0.3, 0.4) is 0 Å². The molecule has 2 aromatic rings. The van der Waals surface area contributed by atoms with Crippen LogP contribution in [0.5, 0.6) is 0 Å². The number of carbonyl (C=O) groups excluding carboxylic acids is 2. The molecule has 0 aliphatic heterocycles. The Kier molecular flexibility index (Phi) is 6.32. The summed E-state index contributed by atoms with van der Waals surface area (Å²) in [7, 11) is 0. The van der Waals surface area contributed by atoms with Gasteiger partial charge in [0.05, 0.1) is 11.5 Å². The summed E-state index contributed by atoms with van der Waals surface area (Å²) in [5, 5.41) is 12.8. The molecule has 0 radical (unpaired) electrons. The number of benzene rings is 1. The van der Waals surface area contributed by atoms with Crippen molar-refractivity contribution in [3.8, 4) is 0 Å². The molecule has 3 amide bonds. The molecule has 0 fully saturated rings. The predicted octanol–water partition coefficient (Wildman–Crippen LogP) is 0.857. The van der Waals surface area contributed by atoms with Crippen molar-refractivity contribution in [2.75, 3.05) is 16.8 Å². The van der Waals surface area contributed by atoms with E-state index in [0.717, 1.165) is 11.1 Å². The van der Waals surface area contributed by atoms with Crippen LogP contribution in [-0.4, -0.2) is 44.3 Å². The van der Waals surface area contributed by atoms with E-state index in [1.165, 1.54) is 18.1 Å². The first-order chi connectivity index (χ1) is 11.5. The molecule has 1 heterocycles. The summed E-state index contributed by atoms with van der Waals surface area (Å²) in [5.41, 5.74) is 9.85. The number of carbonyl (C=O) groups is 2. The first-order valence-electron chi connectivity index (χ1n) is 6.96. The Morgan fingerprint density at radius 1 is 1.29 bits per heavy atom. The Bertz CT molecular complexity index is 713. The zero-order valence-electron chi connectivity index (χ0n) is 12.9. The summed E-state index contributed by atoms with van der Waals surface area (Å²) < 4.78 is 0. The number of rotatable bonds is 7. The Balaban J connectivity index is 1.93. The molecule has 0 saturated carbocycles. The van der Waals surface area contributed by atoms with Gasteiger partial charge in [-0.2, -0.15) is 15.2 Å². The molecule has 24 heavy (non-hydrogen) atoms. The van der Waals surface area contributed by atoms with E-state index in [-0.39, 0.29) is 11.7 Å². The third kappa shape index (κ3) is 5.72. The Labute approximate surface area is 142 Å².